The van der Waals surface area contributed by atoms with Crippen molar-refractivity contribution in [3.8, 4) is 0 Å². The van der Waals surface area contributed by atoms with E-state index in [1.165, 1.54) is 0 Å². The van der Waals surface area contributed by atoms with Gasteiger partial charge in [-0.3, -0.25) is 9.59 Å². The Labute approximate surface area is 64.3 Å². The second kappa shape index (κ2) is 5.01. The third-order valence-corrected chi connectivity index (χ3v) is 0.787. The van der Waals surface area contributed by atoms with E-state index in [0.29, 0.717) is 0 Å². The van der Waals surface area contributed by atoms with Gasteiger partial charge < -0.3 is 17.2 Å². The second-order valence-electron chi connectivity index (χ2n) is 1.68. The lowest BCUT2D eigenvalue weighted by atomic mass is 10.2. The van der Waals surface area contributed by atoms with Gasteiger partial charge in [-0.25, -0.2) is 0 Å². The van der Waals surface area contributed by atoms with Gasteiger partial charge >= 0.3 is 0 Å². The summed E-state index contributed by atoms with van der Waals surface area (Å²) < 4.78 is 0. The minimum Gasteiger partial charge on any atom is -0.370 e. The van der Waals surface area contributed by atoms with E-state index in [2.05, 4.69) is 0 Å². The van der Waals surface area contributed by atoms with Crippen LogP contribution < -0.4 is 17.2 Å². The third-order valence-electron chi connectivity index (χ3n) is 0.787. The number of primary amides is 2. The molecule has 0 saturated heterocycles. The molecule has 6 N–H and O–H groups in total. The number of carbonyl (C=O) groups is 2. The molecule has 0 aromatic carbocycles. The lowest BCUT2D eigenvalue weighted by Gasteiger charge is -2.01. The Morgan fingerprint density at radius 2 is 1.70 bits per heavy atom. The van der Waals surface area contributed by atoms with Gasteiger partial charge in [-0.2, -0.15) is 0 Å². The summed E-state index contributed by atoms with van der Waals surface area (Å²) in [6.45, 7) is 0. The van der Waals surface area contributed by atoms with Gasteiger partial charge in [0.25, 0.3) is 0 Å². The predicted octanol–water partition coefficient (Wildman–Crippen LogP) is -1.90. The van der Waals surface area contributed by atoms with Gasteiger partial charge in [0, 0.05) is 0 Å². The van der Waals surface area contributed by atoms with E-state index in [0.717, 1.165) is 0 Å². The molecular formula is C4H10ClN3O2. The molecule has 0 aliphatic heterocycles. The molecule has 0 bridgehead atoms. The molecule has 0 aromatic heterocycles. The van der Waals surface area contributed by atoms with Crippen LogP contribution in [0.3, 0.4) is 0 Å². The SMILES string of the molecule is Cl.NC(=O)C[C@H](N)C(N)=O. The van der Waals surface area contributed by atoms with E-state index < -0.39 is 17.9 Å². The fourth-order valence-corrected chi connectivity index (χ4v) is 0.317. The minimum absolute atomic E-state index is 0. The summed E-state index contributed by atoms with van der Waals surface area (Å²) in [6, 6.07) is -0.942. The quantitative estimate of drug-likeness (QED) is 0.456. The summed E-state index contributed by atoms with van der Waals surface area (Å²) in [5, 5.41) is 0. The molecule has 5 nitrogen and oxygen atoms in total. The highest BCUT2D eigenvalue weighted by Crippen LogP contribution is 1.82. The van der Waals surface area contributed by atoms with Crippen molar-refractivity contribution in [1.29, 1.82) is 0 Å². The van der Waals surface area contributed by atoms with Crippen LogP contribution in [0.4, 0.5) is 0 Å². The Hall–Kier alpha value is -0.810. The summed E-state index contributed by atoms with van der Waals surface area (Å²) in [5.41, 5.74) is 14.5. The van der Waals surface area contributed by atoms with Crippen molar-refractivity contribution < 1.29 is 9.59 Å². The fourth-order valence-electron chi connectivity index (χ4n) is 0.317. The molecule has 0 aromatic rings. The van der Waals surface area contributed by atoms with Crippen molar-refractivity contribution in [2.24, 2.45) is 17.2 Å². The number of rotatable bonds is 3. The van der Waals surface area contributed by atoms with Crippen molar-refractivity contribution in [3.05, 3.63) is 0 Å². The van der Waals surface area contributed by atoms with Crippen molar-refractivity contribution >= 4 is 24.2 Å². The molecule has 0 fully saturated rings. The van der Waals surface area contributed by atoms with Crippen LogP contribution in [0.5, 0.6) is 0 Å². The molecule has 0 saturated carbocycles. The molecule has 10 heavy (non-hydrogen) atoms. The highest BCUT2D eigenvalue weighted by molar-refractivity contribution is 5.86. The number of carbonyl (C=O) groups excluding carboxylic acids is 2. The molecule has 0 unspecified atom stereocenters. The molecule has 0 aliphatic carbocycles. The van der Waals surface area contributed by atoms with Gasteiger partial charge in [0.1, 0.15) is 0 Å². The minimum atomic E-state index is -0.942. The first-order chi connectivity index (χ1) is 4.04. The first-order valence-electron chi connectivity index (χ1n) is 2.37. The van der Waals surface area contributed by atoms with Crippen molar-refractivity contribution in [1.82, 2.24) is 0 Å². The molecule has 60 valence electrons. The van der Waals surface area contributed by atoms with Gasteiger partial charge in [-0.15, -0.1) is 12.4 Å². The van der Waals surface area contributed by atoms with E-state index in [1.807, 2.05) is 0 Å². The first kappa shape index (κ1) is 11.9. The molecular weight excluding hydrogens is 158 g/mol. The molecule has 0 heterocycles. The first-order valence-corrected chi connectivity index (χ1v) is 2.37. The molecule has 6 heteroatoms. The molecule has 0 spiro atoms. The molecule has 0 aliphatic rings. The van der Waals surface area contributed by atoms with Crippen LogP contribution >= 0.6 is 12.4 Å². The Balaban J connectivity index is 0. The van der Waals surface area contributed by atoms with Gasteiger partial charge in [0.05, 0.1) is 12.5 Å². The zero-order chi connectivity index (χ0) is 7.44. The molecule has 0 rings (SSSR count). The zero-order valence-corrected chi connectivity index (χ0v) is 6.06. The van der Waals surface area contributed by atoms with E-state index in [1.54, 1.807) is 0 Å². The number of hydrogen-bond acceptors (Lipinski definition) is 3. The van der Waals surface area contributed by atoms with E-state index in [-0.39, 0.29) is 18.8 Å². The van der Waals surface area contributed by atoms with E-state index >= 15 is 0 Å². The van der Waals surface area contributed by atoms with Crippen LogP contribution in [0.25, 0.3) is 0 Å². The van der Waals surface area contributed by atoms with Crippen LogP contribution in [0, 0.1) is 0 Å². The Bertz CT molecular complexity index is 138. The smallest absolute Gasteiger partial charge is 0.234 e. The molecule has 0 radical (unpaired) electrons. The van der Waals surface area contributed by atoms with Crippen LogP contribution in [-0.2, 0) is 9.59 Å². The second-order valence-corrected chi connectivity index (χ2v) is 1.68. The summed E-state index contributed by atoms with van der Waals surface area (Å²) in [4.78, 5) is 20.2. The summed E-state index contributed by atoms with van der Waals surface area (Å²) in [7, 11) is 0. The van der Waals surface area contributed by atoms with Crippen molar-refractivity contribution in [2.45, 2.75) is 12.5 Å². The van der Waals surface area contributed by atoms with Crippen LogP contribution in [0.2, 0.25) is 0 Å². The lowest BCUT2D eigenvalue weighted by Crippen LogP contribution is -2.39. The number of amides is 2. The average Bonchev–Trinajstić information content (AvgIpc) is 1.63. The van der Waals surface area contributed by atoms with Gasteiger partial charge in [0.2, 0.25) is 11.8 Å². The van der Waals surface area contributed by atoms with Crippen LogP contribution in [0.15, 0.2) is 0 Å². The predicted molar refractivity (Wildman–Crippen MR) is 38.2 cm³/mol. The monoisotopic (exact) mass is 167 g/mol. The average molecular weight is 168 g/mol. The molecule has 1 atom stereocenters. The lowest BCUT2D eigenvalue weighted by molar-refractivity contribution is -0.124. The Kier molecular flexibility index (Phi) is 5.98. The van der Waals surface area contributed by atoms with Crippen LogP contribution in [0.1, 0.15) is 6.42 Å². The maximum atomic E-state index is 10.1. The Morgan fingerprint density at radius 3 is 1.80 bits per heavy atom. The third kappa shape index (κ3) is 5.33. The summed E-state index contributed by atoms with van der Waals surface area (Å²) in [6.07, 6.45) is -0.185. The number of halogens is 1. The zero-order valence-electron chi connectivity index (χ0n) is 5.24. The summed E-state index contributed by atoms with van der Waals surface area (Å²) in [5.74, 6) is -1.34. The van der Waals surface area contributed by atoms with Crippen molar-refractivity contribution in [2.75, 3.05) is 0 Å². The maximum Gasteiger partial charge on any atom is 0.234 e. The summed E-state index contributed by atoms with van der Waals surface area (Å²) >= 11 is 0. The van der Waals surface area contributed by atoms with E-state index in [4.69, 9.17) is 17.2 Å². The molecule has 2 amide bonds. The fraction of sp³-hybridized carbons (Fsp3) is 0.500. The van der Waals surface area contributed by atoms with Gasteiger partial charge in [-0.05, 0) is 0 Å². The number of hydrogen-bond donors (Lipinski definition) is 3. The van der Waals surface area contributed by atoms with Gasteiger partial charge in [-0.1, -0.05) is 0 Å². The maximum absolute atomic E-state index is 10.1. The van der Waals surface area contributed by atoms with Crippen LogP contribution in [-0.4, -0.2) is 17.9 Å². The van der Waals surface area contributed by atoms with Gasteiger partial charge in [0.15, 0.2) is 0 Å². The largest absolute Gasteiger partial charge is 0.370 e. The Morgan fingerprint density at radius 1 is 1.30 bits per heavy atom. The van der Waals surface area contributed by atoms with E-state index in [9.17, 15) is 9.59 Å². The van der Waals surface area contributed by atoms with Crippen molar-refractivity contribution in [3.63, 3.8) is 0 Å². The standard InChI is InChI=1S/C4H9N3O2.ClH/c5-2(4(7)9)1-3(6)8;/h2H,1,5H2,(H2,6,8)(H2,7,9);1H/t2-;/m0./s1. The highest BCUT2D eigenvalue weighted by Gasteiger charge is 2.10. The normalized spacial score (nSPS) is 11.3. The number of nitrogens with two attached hydrogens (primary N) is 3. The topological polar surface area (TPSA) is 112 Å². The highest BCUT2D eigenvalue weighted by atomic mass is 35.5.